The Morgan fingerprint density at radius 2 is 1.32 bits per heavy atom. The number of rotatable bonds is 4. The number of aliphatic imine (C=N–C) groups is 1. The first-order valence-electron chi connectivity index (χ1n) is 13.8. The first-order valence-corrected chi connectivity index (χ1v) is 13.8. The van der Waals surface area contributed by atoms with Gasteiger partial charge in [0.15, 0.2) is 5.58 Å². The average molecular weight is 528 g/mol. The van der Waals surface area contributed by atoms with Crippen LogP contribution in [0, 0.1) is 0 Å². The Morgan fingerprint density at radius 1 is 0.585 bits per heavy atom. The summed E-state index contributed by atoms with van der Waals surface area (Å²) in [5.74, 6) is 1.51. The number of oxazole rings is 1. The molecule has 41 heavy (non-hydrogen) atoms. The molecule has 4 heteroatoms. The Hall–Kier alpha value is -5.48. The van der Waals surface area contributed by atoms with Crippen molar-refractivity contribution in [3.63, 3.8) is 0 Å². The van der Waals surface area contributed by atoms with Crippen molar-refractivity contribution < 1.29 is 4.42 Å². The Labute approximate surface area is 237 Å². The zero-order chi connectivity index (χ0) is 27.2. The van der Waals surface area contributed by atoms with Crippen LogP contribution >= 0.6 is 0 Å². The van der Waals surface area contributed by atoms with E-state index in [0.717, 1.165) is 55.6 Å². The molecule has 1 aromatic heterocycles. The van der Waals surface area contributed by atoms with Crippen molar-refractivity contribution in [2.75, 3.05) is 5.32 Å². The molecular weight excluding hydrogens is 502 g/mol. The third kappa shape index (κ3) is 4.17. The van der Waals surface area contributed by atoms with E-state index in [1.807, 2.05) is 42.5 Å². The molecule has 7 aromatic rings. The van der Waals surface area contributed by atoms with E-state index in [1.54, 1.807) is 0 Å². The van der Waals surface area contributed by atoms with Gasteiger partial charge in [-0.05, 0) is 58.5 Å². The number of aromatic nitrogens is 1. The number of para-hydroxylation sites is 1. The molecule has 4 nitrogen and oxygen atoms in total. The van der Waals surface area contributed by atoms with E-state index in [4.69, 9.17) is 14.4 Å². The Bertz CT molecular complexity index is 2080. The molecule has 194 valence electrons. The molecule has 1 N–H and O–H groups in total. The molecule has 8 rings (SSSR count). The van der Waals surface area contributed by atoms with Gasteiger partial charge in [-0.2, -0.15) is 0 Å². The quantitative estimate of drug-likeness (QED) is 0.248. The molecule has 1 atom stereocenters. The fraction of sp³-hybridized carbons (Fsp3) is 0.0270. The van der Waals surface area contributed by atoms with Crippen LogP contribution in [0.25, 0.3) is 44.5 Å². The molecule has 2 heterocycles. The van der Waals surface area contributed by atoms with Gasteiger partial charge >= 0.3 is 0 Å². The van der Waals surface area contributed by atoms with Gasteiger partial charge in [0.2, 0.25) is 5.89 Å². The van der Waals surface area contributed by atoms with E-state index in [2.05, 4.69) is 102 Å². The number of fused-ring (bicyclic) bond motifs is 4. The fourth-order valence-electron chi connectivity index (χ4n) is 5.69. The van der Waals surface area contributed by atoms with Crippen molar-refractivity contribution in [1.29, 1.82) is 0 Å². The van der Waals surface area contributed by atoms with Crippen LogP contribution in [0.3, 0.4) is 0 Å². The zero-order valence-electron chi connectivity index (χ0n) is 22.2. The minimum Gasteiger partial charge on any atom is -0.436 e. The van der Waals surface area contributed by atoms with E-state index in [9.17, 15) is 0 Å². The Morgan fingerprint density at radius 3 is 2.20 bits per heavy atom. The van der Waals surface area contributed by atoms with Crippen LogP contribution in [-0.4, -0.2) is 10.8 Å². The summed E-state index contributed by atoms with van der Waals surface area (Å²) in [5, 5.41) is 5.79. The molecule has 1 aliphatic heterocycles. The van der Waals surface area contributed by atoms with Crippen LogP contribution in [-0.2, 0) is 0 Å². The number of hydrogen-bond acceptors (Lipinski definition) is 4. The highest BCUT2D eigenvalue weighted by Gasteiger charge is 2.23. The van der Waals surface area contributed by atoms with E-state index in [1.165, 1.54) is 11.1 Å². The van der Waals surface area contributed by atoms with Gasteiger partial charge in [0.05, 0.1) is 0 Å². The molecule has 0 radical (unpaired) electrons. The van der Waals surface area contributed by atoms with Gasteiger partial charge < -0.3 is 9.73 Å². The Kier molecular flexibility index (Phi) is 5.49. The lowest BCUT2D eigenvalue weighted by atomic mass is 9.95. The predicted molar refractivity (Wildman–Crippen MR) is 167 cm³/mol. The second-order valence-electron chi connectivity index (χ2n) is 10.3. The highest BCUT2D eigenvalue weighted by molar-refractivity contribution is 6.11. The molecule has 0 bridgehead atoms. The van der Waals surface area contributed by atoms with E-state index in [0.29, 0.717) is 5.89 Å². The first kappa shape index (κ1) is 23.4. The van der Waals surface area contributed by atoms with Crippen LogP contribution in [0.5, 0.6) is 0 Å². The number of benzene rings is 6. The molecule has 0 fully saturated rings. The highest BCUT2D eigenvalue weighted by Crippen LogP contribution is 2.37. The lowest BCUT2D eigenvalue weighted by Crippen LogP contribution is -2.22. The first-order chi connectivity index (χ1) is 20.3. The van der Waals surface area contributed by atoms with Gasteiger partial charge in [0.1, 0.15) is 17.4 Å². The third-order valence-corrected chi connectivity index (χ3v) is 7.75. The fourth-order valence-corrected chi connectivity index (χ4v) is 5.69. The maximum Gasteiger partial charge on any atom is 0.227 e. The van der Waals surface area contributed by atoms with Gasteiger partial charge in [0, 0.05) is 27.8 Å². The van der Waals surface area contributed by atoms with Gasteiger partial charge in [-0.3, -0.25) is 4.99 Å². The monoisotopic (exact) mass is 527 g/mol. The summed E-state index contributed by atoms with van der Waals surface area (Å²) in [6.45, 7) is 0. The SMILES string of the molecule is c1ccc(-c2nc3c(ccc4cc(-c5cccc(C6=NC(c7ccccc7)c7ccccc7N6)c5)ccc43)o2)cc1. The van der Waals surface area contributed by atoms with E-state index >= 15 is 0 Å². The van der Waals surface area contributed by atoms with Crippen LogP contribution in [0.2, 0.25) is 0 Å². The van der Waals surface area contributed by atoms with Crippen molar-refractivity contribution in [2.45, 2.75) is 6.04 Å². The second kappa shape index (κ2) is 9.61. The number of amidine groups is 1. The summed E-state index contributed by atoms with van der Waals surface area (Å²) in [5.41, 5.74) is 9.43. The van der Waals surface area contributed by atoms with Crippen LogP contribution in [0.4, 0.5) is 5.69 Å². The standard InChI is InChI=1S/C37H25N3O/c1-3-10-24(11-4-1)34-31-16-7-8-17-32(31)38-36(39-34)29-15-9-14-26(23-29)27-18-20-30-28(22-27)19-21-33-35(30)40-37(41-33)25-12-5-2-6-13-25/h1-23,34H,(H,38,39). The molecule has 0 aliphatic carbocycles. The van der Waals surface area contributed by atoms with Crippen molar-refractivity contribution in [3.8, 4) is 22.6 Å². The summed E-state index contributed by atoms with van der Waals surface area (Å²) < 4.78 is 6.09. The maximum atomic E-state index is 6.09. The molecule has 0 amide bonds. The summed E-state index contributed by atoms with van der Waals surface area (Å²) in [6.07, 6.45) is 0. The summed E-state index contributed by atoms with van der Waals surface area (Å²) in [6, 6.07) is 48.1. The predicted octanol–water partition coefficient (Wildman–Crippen LogP) is 9.28. The van der Waals surface area contributed by atoms with Crippen LogP contribution in [0.1, 0.15) is 22.7 Å². The number of nitrogens with zero attached hydrogens (tertiary/aromatic N) is 2. The summed E-state index contributed by atoms with van der Waals surface area (Å²) in [4.78, 5) is 10.0. The van der Waals surface area contributed by atoms with Gasteiger partial charge in [0.25, 0.3) is 0 Å². The zero-order valence-corrected chi connectivity index (χ0v) is 22.2. The minimum atomic E-state index is -0.0568. The van der Waals surface area contributed by atoms with Crippen molar-refractivity contribution >= 4 is 33.4 Å². The summed E-state index contributed by atoms with van der Waals surface area (Å²) in [7, 11) is 0. The lowest BCUT2D eigenvalue weighted by Gasteiger charge is -2.26. The molecule has 0 spiro atoms. The maximum absolute atomic E-state index is 6.09. The van der Waals surface area contributed by atoms with Gasteiger partial charge in [-0.1, -0.05) is 103 Å². The molecule has 0 saturated carbocycles. The highest BCUT2D eigenvalue weighted by atomic mass is 16.3. The van der Waals surface area contributed by atoms with E-state index in [-0.39, 0.29) is 6.04 Å². The van der Waals surface area contributed by atoms with Crippen molar-refractivity contribution in [2.24, 2.45) is 4.99 Å². The number of nitrogens with one attached hydrogen (secondary N) is 1. The third-order valence-electron chi connectivity index (χ3n) is 7.75. The normalized spacial score (nSPS) is 14.4. The van der Waals surface area contributed by atoms with Crippen molar-refractivity contribution in [3.05, 3.63) is 156 Å². The largest absolute Gasteiger partial charge is 0.436 e. The van der Waals surface area contributed by atoms with Crippen molar-refractivity contribution in [1.82, 2.24) is 4.98 Å². The minimum absolute atomic E-state index is 0.0568. The number of hydrogen-bond donors (Lipinski definition) is 1. The molecule has 1 unspecified atom stereocenters. The molecule has 0 saturated heterocycles. The van der Waals surface area contributed by atoms with Gasteiger partial charge in [-0.15, -0.1) is 0 Å². The van der Waals surface area contributed by atoms with Crippen LogP contribution < -0.4 is 5.32 Å². The topological polar surface area (TPSA) is 50.4 Å². The number of anilines is 1. The average Bonchev–Trinajstić information content (AvgIpc) is 3.50. The lowest BCUT2D eigenvalue weighted by molar-refractivity contribution is 0.620. The van der Waals surface area contributed by atoms with Gasteiger partial charge in [-0.25, -0.2) is 4.98 Å². The summed E-state index contributed by atoms with van der Waals surface area (Å²) >= 11 is 0. The second-order valence-corrected chi connectivity index (χ2v) is 10.3. The smallest absolute Gasteiger partial charge is 0.227 e. The van der Waals surface area contributed by atoms with E-state index < -0.39 is 0 Å². The molecule has 6 aromatic carbocycles. The Balaban J connectivity index is 1.17. The molecular formula is C37H25N3O. The van der Waals surface area contributed by atoms with Crippen LogP contribution in [0.15, 0.2) is 149 Å². The molecule has 1 aliphatic rings.